The number of carbonyl (C=O) groups excluding carboxylic acids is 1. The minimum absolute atomic E-state index is 0.0526. The monoisotopic (exact) mass is 354 g/mol. The summed E-state index contributed by atoms with van der Waals surface area (Å²) >= 11 is 11.6. The van der Waals surface area contributed by atoms with E-state index in [1.54, 1.807) is 18.2 Å². The fourth-order valence-electron chi connectivity index (χ4n) is 2.08. The second-order valence-electron chi connectivity index (χ2n) is 5.11. The van der Waals surface area contributed by atoms with E-state index < -0.39 is 0 Å². The van der Waals surface area contributed by atoms with Crippen molar-refractivity contribution in [2.24, 2.45) is 0 Å². The van der Waals surface area contributed by atoms with Gasteiger partial charge in [0.1, 0.15) is 11.5 Å². The Bertz CT molecular complexity index is 706. The van der Waals surface area contributed by atoms with E-state index in [1.165, 1.54) is 12.1 Å². The zero-order chi connectivity index (χ0) is 17.0. The van der Waals surface area contributed by atoms with Crippen LogP contribution in [0.2, 0.25) is 10.0 Å². The number of hydrogen-bond donors (Lipinski definition) is 2. The molecule has 0 aliphatic rings. The van der Waals surface area contributed by atoms with Crippen LogP contribution in [0.3, 0.4) is 0 Å². The van der Waals surface area contributed by atoms with E-state index >= 15 is 0 Å². The summed E-state index contributed by atoms with van der Waals surface area (Å²) in [5.74, 6) is 0.507. The summed E-state index contributed by atoms with van der Waals surface area (Å²) in [6.45, 7) is 2.21. The lowest BCUT2D eigenvalue weighted by Gasteiger charge is -2.09. The van der Waals surface area contributed by atoms with E-state index in [2.05, 4.69) is 0 Å². The molecule has 0 aliphatic carbocycles. The van der Waals surface area contributed by atoms with E-state index in [0.29, 0.717) is 24.3 Å². The van der Waals surface area contributed by atoms with Gasteiger partial charge in [-0.15, -0.1) is 0 Å². The van der Waals surface area contributed by atoms with Crippen LogP contribution in [0.1, 0.15) is 28.8 Å². The van der Waals surface area contributed by atoms with Crippen LogP contribution >= 0.6 is 23.2 Å². The van der Waals surface area contributed by atoms with Gasteiger partial charge in [0.05, 0.1) is 16.7 Å². The van der Waals surface area contributed by atoms with Crippen molar-refractivity contribution < 1.29 is 19.7 Å². The highest BCUT2D eigenvalue weighted by atomic mass is 35.5. The molecule has 0 fully saturated rings. The topological polar surface area (TPSA) is 66.8 Å². The number of hydrogen-bond acceptors (Lipinski definition) is 4. The molecule has 122 valence electrons. The maximum absolute atomic E-state index is 12.1. The van der Waals surface area contributed by atoms with Gasteiger partial charge in [0.15, 0.2) is 11.5 Å². The smallest absolute Gasteiger partial charge is 0.163 e. The second-order valence-corrected chi connectivity index (χ2v) is 5.93. The Morgan fingerprint density at radius 3 is 2.39 bits per heavy atom. The average Bonchev–Trinajstić information content (AvgIpc) is 2.50. The fourth-order valence-corrected chi connectivity index (χ4v) is 2.57. The molecular weight excluding hydrogens is 339 g/mol. The van der Waals surface area contributed by atoms with Crippen LogP contribution in [0, 0.1) is 6.92 Å². The van der Waals surface area contributed by atoms with Crippen LogP contribution in [0.4, 0.5) is 0 Å². The first-order valence-corrected chi connectivity index (χ1v) is 7.77. The third kappa shape index (κ3) is 4.53. The molecule has 0 saturated heterocycles. The molecule has 0 amide bonds. The molecule has 2 N–H and O–H groups in total. The van der Waals surface area contributed by atoms with Crippen molar-refractivity contribution >= 4 is 29.0 Å². The molecule has 0 unspecified atom stereocenters. The highest BCUT2D eigenvalue weighted by Gasteiger charge is 2.12. The number of phenolic OH excluding ortho intramolecular Hbond substituents is 2. The molecule has 6 heteroatoms. The molecule has 0 atom stereocenters. The van der Waals surface area contributed by atoms with Crippen molar-refractivity contribution in [3.8, 4) is 17.2 Å². The van der Waals surface area contributed by atoms with E-state index in [9.17, 15) is 15.0 Å². The largest absolute Gasteiger partial charge is 0.508 e. The molecular formula is C17H16Cl2O4. The Morgan fingerprint density at radius 2 is 1.78 bits per heavy atom. The van der Waals surface area contributed by atoms with Crippen molar-refractivity contribution in [2.45, 2.75) is 19.8 Å². The lowest BCUT2D eigenvalue weighted by molar-refractivity contribution is 0.0973. The molecule has 23 heavy (non-hydrogen) atoms. The number of rotatable bonds is 6. The molecule has 2 aromatic rings. The molecule has 2 aromatic carbocycles. The van der Waals surface area contributed by atoms with Crippen molar-refractivity contribution in [2.75, 3.05) is 6.61 Å². The molecule has 0 radical (unpaired) electrons. The van der Waals surface area contributed by atoms with Crippen LogP contribution in [-0.4, -0.2) is 22.6 Å². The summed E-state index contributed by atoms with van der Waals surface area (Å²) in [6, 6.07) is 7.65. The first-order valence-electron chi connectivity index (χ1n) is 7.02. The fraction of sp³-hybridized carbons (Fsp3) is 0.235. The molecule has 0 spiro atoms. The molecule has 0 aromatic heterocycles. The molecule has 0 aliphatic heterocycles. The van der Waals surface area contributed by atoms with Gasteiger partial charge in [-0.25, -0.2) is 0 Å². The van der Waals surface area contributed by atoms with Gasteiger partial charge in [-0.3, -0.25) is 4.79 Å². The molecule has 2 rings (SSSR count). The number of halogens is 2. The number of carbonyl (C=O) groups is 1. The number of Topliss-reactive ketones (excluding diaryl/α,β-unsaturated/α-hetero) is 1. The Hall–Kier alpha value is -1.91. The van der Waals surface area contributed by atoms with Crippen molar-refractivity contribution in [1.29, 1.82) is 0 Å². The summed E-state index contributed by atoms with van der Waals surface area (Å²) in [4.78, 5) is 12.1. The molecule has 0 saturated carbocycles. The van der Waals surface area contributed by atoms with Gasteiger partial charge in [0, 0.05) is 12.0 Å². The van der Waals surface area contributed by atoms with Crippen LogP contribution in [-0.2, 0) is 0 Å². The number of ketones is 1. The molecule has 0 bridgehead atoms. The number of aryl methyl sites for hydroxylation is 1. The predicted molar refractivity (Wildman–Crippen MR) is 90.0 cm³/mol. The van der Waals surface area contributed by atoms with Gasteiger partial charge >= 0.3 is 0 Å². The van der Waals surface area contributed by atoms with E-state index in [4.69, 9.17) is 27.9 Å². The van der Waals surface area contributed by atoms with Crippen molar-refractivity contribution in [1.82, 2.24) is 0 Å². The van der Waals surface area contributed by atoms with Gasteiger partial charge < -0.3 is 14.9 Å². The van der Waals surface area contributed by atoms with Gasteiger partial charge in [-0.2, -0.15) is 0 Å². The normalized spacial score (nSPS) is 10.6. The number of ether oxygens (including phenoxy) is 1. The first-order chi connectivity index (χ1) is 10.9. The highest BCUT2D eigenvalue weighted by Crippen LogP contribution is 2.33. The molecule has 0 heterocycles. The van der Waals surface area contributed by atoms with Gasteiger partial charge in [-0.1, -0.05) is 23.2 Å². The Morgan fingerprint density at radius 1 is 1.13 bits per heavy atom. The van der Waals surface area contributed by atoms with Crippen molar-refractivity contribution in [3.05, 3.63) is 51.5 Å². The maximum atomic E-state index is 12.1. The number of aromatic hydroxyl groups is 2. The van der Waals surface area contributed by atoms with E-state index in [-0.39, 0.29) is 33.7 Å². The zero-order valence-electron chi connectivity index (χ0n) is 12.5. The minimum atomic E-state index is -0.226. The van der Waals surface area contributed by atoms with Gasteiger partial charge in [0.2, 0.25) is 0 Å². The van der Waals surface area contributed by atoms with Crippen LogP contribution in [0.15, 0.2) is 30.3 Å². The third-order valence-electron chi connectivity index (χ3n) is 3.30. The zero-order valence-corrected chi connectivity index (χ0v) is 14.0. The Balaban J connectivity index is 1.88. The van der Waals surface area contributed by atoms with Gasteiger partial charge in [0.25, 0.3) is 0 Å². The quantitative estimate of drug-likeness (QED) is 0.579. The standard InChI is InChI=1S/C17H16Cl2O4/c1-10-7-12(20)4-5-16(10)23-6-2-3-15(21)11-8-13(18)17(22)14(19)9-11/h4-5,7-9,20,22H,2-3,6H2,1H3. The minimum Gasteiger partial charge on any atom is -0.508 e. The Kier molecular flexibility index (Phi) is 5.74. The summed E-state index contributed by atoms with van der Waals surface area (Å²) in [5.41, 5.74) is 1.19. The van der Waals surface area contributed by atoms with Crippen LogP contribution < -0.4 is 4.74 Å². The summed E-state index contributed by atoms with van der Waals surface area (Å²) in [6.07, 6.45) is 0.795. The van der Waals surface area contributed by atoms with Gasteiger partial charge in [-0.05, 0) is 49.2 Å². The predicted octanol–water partition coefficient (Wildman–Crippen LogP) is 4.75. The maximum Gasteiger partial charge on any atom is 0.163 e. The molecule has 4 nitrogen and oxygen atoms in total. The van der Waals surface area contributed by atoms with Crippen molar-refractivity contribution in [3.63, 3.8) is 0 Å². The SMILES string of the molecule is Cc1cc(O)ccc1OCCCC(=O)c1cc(Cl)c(O)c(Cl)c1. The van der Waals surface area contributed by atoms with E-state index in [0.717, 1.165) is 5.56 Å². The Labute approximate surface area is 144 Å². The summed E-state index contributed by atoms with van der Waals surface area (Å²) in [5, 5.41) is 18.9. The first kappa shape index (κ1) is 17.4. The lowest BCUT2D eigenvalue weighted by Crippen LogP contribution is -2.04. The lowest BCUT2D eigenvalue weighted by atomic mass is 10.1. The summed E-state index contributed by atoms with van der Waals surface area (Å²) in [7, 11) is 0. The highest BCUT2D eigenvalue weighted by molar-refractivity contribution is 6.37. The summed E-state index contributed by atoms with van der Waals surface area (Å²) < 4.78 is 5.59. The van der Waals surface area contributed by atoms with Crippen LogP contribution in [0.5, 0.6) is 17.2 Å². The second kappa shape index (κ2) is 7.57. The third-order valence-corrected chi connectivity index (χ3v) is 3.88. The van der Waals surface area contributed by atoms with E-state index in [1.807, 2.05) is 6.92 Å². The number of phenols is 2. The number of benzene rings is 2. The van der Waals surface area contributed by atoms with Crippen LogP contribution in [0.25, 0.3) is 0 Å². The average molecular weight is 355 g/mol.